The molecule has 0 saturated carbocycles. The van der Waals surface area contributed by atoms with E-state index >= 15 is 0 Å². The van der Waals surface area contributed by atoms with Crippen LogP contribution in [0.5, 0.6) is 0 Å². The predicted molar refractivity (Wildman–Crippen MR) is 103 cm³/mol. The number of aromatic nitrogens is 2. The summed E-state index contributed by atoms with van der Waals surface area (Å²) in [5, 5.41) is 10.4. The van der Waals surface area contributed by atoms with Gasteiger partial charge in [-0.2, -0.15) is 4.98 Å². The SMILES string of the molecule is CCc1noc(-c2ccc(CCNC(=O)[C@H]3CCN[C@@H](C)C3)cc2)n1.Cl. The summed E-state index contributed by atoms with van der Waals surface area (Å²) in [7, 11) is 0. The minimum Gasteiger partial charge on any atom is -0.356 e. The summed E-state index contributed by atoms with van der Waals surface area (Å²) in [6.07, 6.45) is 3.42. The van der Waals surface area contributed by atoms with Gasteiger partial charge in [-0.1, -0.05) is 24.2 Å². The molecule has 1 aliphatic rings. The molecule has 0 unspecified atom stereocenters. The van der Waals surface area contributed by atoms with Crippen LogP contribution in [-0.4, -0.2) is 35.2 Å². The number of nitrogens with one attached hydrogen (secondary N) is 2. The van der Waals surface area contributed by atoms with E-state index in [-0.39, 0.29) is 24.2 Å². The van der Waals surface area contributed by atoms with Crippen LogP contribution in [0.15, 0.2) is 28.8 Å². The molecule has 1 aromatic heterocycles. The molecule has 6 nitrogen and oxygen atoms in total. The molecule has 3 rings (SSSR count). The number of hydrogen-bond acceptors (Lipinski definition) is 5. The molecule has 1 saturated heterocycles. The standard InChI is InChI=1S/C19H26N4O2.ClH/c1-3-17-22-19(25-23-17)15-6-4-14(5-7-15)8-10-21-18(24)16-9-11-20-13(2)12-16;/h4-7,13,16,20H,3,8-12H2,1-2H3,(H,21,24);1H/t13-,16-;/m0./s1. The Labute approximate surface area is 160 Å². The van der Waals surface area contributed by atoms with E-state index in [1.165, 1.54) is 5.56 Å². The van der Waals surface area contributed by atoms with Crippen LogP contribution in [0.1, 0.15) is 38.1 Å². The fraction of sp³-hybridized carbons (Fsp3) is 0.526. The van der Waals surface area contributed by atoms with Crippen molar-refractivity contribution in [1.82, 2.24) is 20.8 Å². The summed E-state index contributed by atoms with van der Waals surface area (Å²) < 4.78 is 5.25. The third-order valence-corrected chi connectivity index (χ3v) is 4.69. The maximum atomic E-state index is 12.2. The van der Waals surface area contributed by atoms with Crippen LogP contribution in [-0.2, 0) is 17.6 Å². The molecular formula is C19H27ClN4O2. The zero-order chi connectivity index (χ0) is 17.6. The van der Waals surface area contributed by atoms with Gasteiger partial charge in [-0.3, -0.25) is 4.79 Å². The third-order valence-electron chi connectivity index (χ3n) is 4.69. The highest BCUT2D eigenvalue weighted by Gasteiger charge is 2.24. The summed E-state index contributed by atoms with van der Waals surface area (Å²) in [5.74, 6) is 1.59. The second-order valence-corrected chi connectivity index (χ2v) is 6.68. The zero-order valence-electron chi connectivity index (χ0n) is 15.3. The minimum atomic E-state index is 0. The van der Waals surface area contributed by atoms with Crippen LogP contribution in [0.2, 0.25) is 0 Å². The first-order valence-corrected chi connectivity index (χ1v) is 9.08. The Hall–Kier alpha value is -1.92. The molecule has 0 aliphatic carbocycles. The molecule has 7 heteroatoms. The van der Waals surface area contributed by atoms with Crippen molar-refractivity contribution in [3.05, 3.63) is 35.7 Å². The smallest absolute Gasteiger partial charge is 0.257 e. The van der Waals surface area contributed by atoms with Crippen molar-refractivity contribution in [3.63, 3.8) is 0 Å². The maximum Gasteiger partial charge on any atom is 0.257 e. The highest BCUT2D eigenvalue weighted by molar-refractivity contribution is 5.85. The van der Waals surface area contributed by atoms with Gasteiger partial charge in [-0.05, 0) is 50.4 Å². The normalized spacial score (nSPS) is 19.6. The van der Waals surface area contributed by atoms with Crippen molar-refractivity contribution in [3.8, 4) is 11.5 Å². The number of amides is 1. The highest BCUT2D eigenvalue weighted by atomic mass is 35.5. The summed E-state index contributed by atoms with van der Waals surface area (Å²) in [6.45, 7) is 5.72. The van der Waals surface area contributed by atoms with Gasteiger partial charge in [0.2, 0.25) is 5.91 Å². The van der Waals surface area contributed by atoms with E-state index in [0.717, 1.165) is 37.8 Å². The second kappa shape index (κ2) is 9.69. The number of piperidine rings is 1. The van der Waals surface area contributed by atoms with E-state index in [4.69, 9.17) is 4.52 Å². The van der Waals surface area contributed by atoms with Crippen LogP contribution in [0, 0.1) is 5.92 Å². The van der Waals surface area contributed by atoms with E-state index in [1.807, 2.05) is 31.2 Å². The van der Waals surface area contributed by atoms with Gasteiger partial charge >= 0.3 is 0 Å². The van der Waals surface area contributed by atoms with E-state index < -0.39 is 0 Å². The number of rotatable bonds is 6. The molecular weight excluding hydrogens is 352 g/mol. The summed E-state index contributed by atoms with van der Waals surface area (Å²) >= 11 is 0. The number of carbonyl (C=O) groups excluding carboxylic acids is 1. The molecule has 0 spiro atoms. The Balaban J connectivity index is 0.00000243. The maximum absolute atomic E-state index is 12.2. The molecule has 2 N–H and O–H groups in total. The molecule has 1 aromatic carbocycles. The lowest BCUT2D eigenvalue weighted by Crippen LogP contribution is -2.42. The number of nitrogens with zero attached hydrogens (tertiary/aromatic N) is 2. The van der Waals surface area contributed by atoms with Crippen molar-refractivity contribution in [1.29, 1.82) is 0 Å². The topological polar surface area (TPSA) is 80.0 Å². The molecule has 2 atom stereocenters. The number of aryl methyl sites for hydroxylation is 1. The fourth-order valence-corrected chi connectivity index (χ4v) is 3.17. The lowest BCUT2D eigenvalue weighted by molar-refractivity contribution is -0.126. The van der Waals surface area contributed by atoms with Crippen molar-refractivity contribution in [2.24, 2.45) is 5.92 Å². The highest BCUT2D eigenvalue weighted by Crippen LogP contribution is 2.18. The lowest BCUT2D eigenvalue weighted by Gasteiger charge is -2.27. The fourth-order valence-electron chi connectivity index (χ4n) is 3.17. The van der Waals surface area contributed by atoms with E-state index in [0.29, 0.717) is 24.3 Å². The van der Waals surface area contributed by atoms with Crippen molar-refractivity contribution in [2.75, 3.05) is 13.1 Å². The molecule has 142 valence electrons. The van der Waals surface area contributed by atoms with Gasteiger partial charge in [0.15, 0.2) is 5.82 Å². The monoisotopic (exact) mass is 378 g/mol. The average molecular weight is 379 g/mol. The van der Waals surface area contributed by atoms with E-state index in [9.17, 15) is 4.79 Å². The zero-order valence-corrected chi connectivity index (χ0v) is 16.1. The van der Waals surface area contributed by atoms with Crippen LogP contribution < -0.4 is 10.6 Å². The first-order chi connectivity index (χ1) is 12.2. The van der Waals surface area contributed by atoms with Crippen LogP contribution in [0.25, 0.3) is 11.5 Å². The molecule has 0 radical (unpaired) electrons. The molecule has 26 heavy (non-hydrogen) atoms. The first-order valence-electron chi connectivity index (χ1n) is 9.08. The van der Waals surface area contributed by atoms with E-state index in [1.54, 1.807) is 0 Å². The summed E-state index contributed by atoms with van der Waals surface area (Å²) in [6, 6.07) is 8.49. The molecule has 0 bridgehead atoms. The van der Waals surface area contributed by atoms with Gasteiger partial charge < -0.3 is 15.2 Å². The molecule has 1 fully saturated rings. The Morgan fingerprint density at radius 3 is 2.77 bits per heavy atom. The number of carbonyl (C=O) groups is 1. The van der Waals surface area contributed by atoms with Gasteiger partial charge in [-0.25, -0.2) is 0 Å². The Morgan fingerprint density at radius 2 is 2.12 bits per heavy atom. The predicted octanol–water partition coefficient (Wildman–Crippen LogP) is 2.77. The van der Waals surface area contributed by atoms with Crippen molar-refractivity contribution >= 4 is 18.3 Å². The summed E-state index contributed by atoms with van der Waals surface area (Å²) in [5.41, 5.74) is 2.10. The van der Waals surface area contributed by atoms with Crippen LogP contribution >= 0.6 is 12.4 Å². The summed E-state index contributed by atoms with van der Waals surface area (Å²) in [4.78, 5) is 16.6. The quantitative estimate of drug-likeness (QED) is 0.807. The molecule has 1 amide bonds. The number of benzene rings is 1. The Morgan fingerprint density at radius 1 is 1.35 bits per heavy atom. The molecule has 2 aromatic rings. The number of hydrogen-bond donors (Lipinski definition) is 2. The second-order valence-electron chi connectivity index (χ2n) is 6.68. The van der Waals surface area contributed by atoms with Crippen LogP contribution in [0.3, 0.4) is 0 Å². The number of halogens is 1. The lowest BCUT2D eigenvalue weighted by atomic mass is 9.92. The van der Waals surface area contributed by atoms with Gasteiger partial charge in [0.1, 0.15) is 0 Å². The van der Waals surface area contributed by atoms with Gasteiger partial charge in [0.05, 0.1) is 0 Å². The van der Waals surface area contributed by atoms with Crippen LogP contribution in [0.4, 0.5) is 0 Å². The molecule has 2 heterocycles. The van der Waals surface area contributed by atoms with Gasteiger partial charge in [0, 0.05) is 30.5 Å². The third kappa shape index (κ3) is 5.29. The average Bonchev–Trinajstić information content (AvgIpc) is 3.11. The largest absolute Gasteiger partial charge is 0.356 e. The van der Waals surface area contributed by atoms with E-state index in [2.05, 4.69) is 27.7 Å². The van der Waals surface area contributed by atoms with Gasteiger partial charge in [0.25, 0.3) is 5.89 Å². The molecule has 1 aliphatic heterocycles. The first kappa shape index (κ1) is 20.4. The Bertz CT molecular complexity index is 702. The Kier molecular flexibility index (Phi) is 7.60. The van der Waals surface area contributed by atoms with Crippen molar-refractivity contribution < 1.29 is 9.32 Å². The minimum absolute atomic E-state index is 0. The van der Waals surface area contributed by atoms with Crippen molar-refractivity contribution in [2.45, 2.75) is 45.6 Å². The van der Waals surface area contributed by atoms with Gasteiger partial charge in [-0.15, -0.1) is 12.4 Å².